The van der Waals surface area contributed by atoms with E-state index in [4.69, 9.17) is 0 Å². The Morgan fingerprint density at radius 3 is 2.44 bits per heavy atom. The minimum absolute atomic E-state index is 0.0549. The van der Waals surface area contributed by atoms with E-state index in [1.54, 1.807) is 11.8 Å². The summed E-state index contributed by atoms with van der Waals surface area (Å²) in [6.45, 7) is 5.93. The zero-order valence-electron chi connectivity index (χ0n) is 9.88. The van der Waals surface area contributed by atoms with Gasteiger partial charge in [-0.2, -0.15) is 12.6 Å². The maximum Gasteiger partial charge on any atom is 0.235 e. The Labute approximate surface area is 103 Å². The third kappa shape index (κ3) is 3.13. The van der Waals surface area contributed by atoms with Crippen molar-refractivity contribution >= 4 is 28.4 Å². The Kier molecular flexibility index (Phi) is 4.29. The molecular formula is C10H19NO3S2. The van der Waals surface area contributed by atoms with Crippen molar-refractivity contribution in [2.24, 2.45) is 5.92 Å². The normalized spacial score (nSPS) is 26.8. The quantitative estimate of drug-likeness (QED) is 0.743. The van der Waals surface area contributed by atoms with Gasteiger partial charge in [-0.15, -0.1) is 0 Å². The van der Waals surface area contributed by atoms with Crippen molar-refractivity contribution in [3.8, 4) is 0 Å². The molecular weight excluding hydrogens is 246 g/mol. The van der Waals surface area contributed by atoms with Crippen molar-refractivity contribution in [1.29, 1.82) is 0 Å². The Morgan fingerprint density at radius 2 is 2.00 bits per heavy atom. The van der Waals surface area contributed by atoms with Crippen LogP contribution in [0.5, 0.6) is 0 Å². The second-order valence-corrected chi connectivity index (χ2v) is 7.47. The lowest BCUT2D eigenvalue weighted by Crippen LogP contribution is -2.52. The van der Waals surface area contributed by atoms with Crippen molar-refractivity contribution in [2.45, 2.75) is 32.1 Å². The smallest absolute Gasteiger partial charge is 0.235 e. The van der Waals surface area contributed by atoms with Gasteiger partial charge in [-0.1, -0.05) is 13.8 Å². The maximum atomic E-state index is 12.0. The number of amides is 1. The molecule has 4 nitrogen and oxygen atoms in total. The SMILES string of the molecule is CC(C)C(S)C(=O)N1CCS(=O)(=O)CC1C. The van der Waals surface area contributed by atoms with Gasteiger partial charge in [0.25, 0.3) is 0 Å². The zero-order valence-corrected chi connectivity index (χ0v) is 11.6. The van der Waals surface area contributed by atoms with Crippen LogP contribution in [0.2, 0.25) is 0 Å². The lowest BCUT2D eigenvalue weighted by atomic mass is 10.1. The molecule has 6 heteroatoms. The van der Waals surface area contributed by atoms with Crippen LogP contribution in [0.4, 0.5) is 0 Å². The highest BCUT2D eigenvalue weighted by atomic mass is 32.2. The van der Waals surface area contributed by atoms with Gasteiger partial charge in [0.15, 0.2) is 9.84 Å². The highest BCUT2D eigenvalue weighted by Gasteiger charge is 2.34. The van der Waals surface area contributed by atoms with Crippen LogP contribution in [0.15, 0.2) is 0 Å². The Morgan fingerprint density at radius 1 is 1.44 bits per heavy atom. The van der Waals surface area contributed by atoms with Gasteiger partial charge in [0.05, 0.1) is 16.8 Å². The topological polar surface area (TPSA) is 54.5 Å². The van der Waals surface area contributed by atoms with Crippen LogP contribution in [0.1, 0.15) is 20.8 Å². The van der Waals surface area contributed by atoms with Crippen LogP contribution in [0.3, 0.4) is 0 Å². The van der Waals surface area contributed by atoms with Gasteiger partial charge in [0.2, 0.25) is 5.91 Å². The summed E-state index contributed by atoms with van der Waals surface area (Å²) in [5.74, 6) is 0.237. The molecule has 0 aromatic heterocycles. The van der Waals surface area contributed by atoms with Gasteiger partial charge in [-0.3, -0.25) is 4.79 Å². The van der Waals surface area contributed by atoms with Gasteiger partial charge < -0.3 is 4.90 Å². The molecule has 0 N–H and O–H groups in total. The third-order valence-corrected chi connectivity index (χ3v) is 5.45. The average Bonchev–Trinajstić information content (AvgIpc) is 2.14. The van der Waals surface area contributed by atoms with Gasteiger partial charge in [0.1, 0.15) is 0 Å². The Balaban J connectivity index is 2.73. The van der Waals surface area contributed by atoms with Gasteiger partial charge in [-0.25, -0.2) is 8.42 Å². The molecule has 1 amide bonds. The van der Waals surface area contributed by atoms with Crippen molar-refractivity contribution in [3.63, 3.8) is 0 Å². The first-order valence-corrected chi connectivity index (χ1v) is 7.77. The Hall–Kier alpha value is -0.230. The number of thiol groups is 1. The molecule has 2 unspecified atom stereocenters. The van der Waals surface area contributed by atoms with Crippen molar-refractivity contribution in [1.82, 2.24) is 4.90 Å². The van der Waals surface area contributed by atoms with E-state index in [0.29, 0.717) is 6.54 Å². The summed E-state index contributed by atoms with van der Waals surface area (Å²) < 4.78 is 22.8. The largest absolute Gasteiger partial charge is 0.337 e. The van der Waals surface area contributed by atoms with Crippen molar-refractivity contribution in [2.75, 3.05) is 18.1 Å². The first-order valence-electron chi connectivity index (χ1n) is 5.43. The first-order chi connectivity index (χ1) is 7.24. The fourth-order valence-electron chi connectivity index (χ4n) is 1.78. The summed E-state index contributed by atoms with van der Waals surface area (Å²) in [7, 11) is -2.96. The van der Waals surface area contributed by atoms with E-state index in [1.807, 2.05) is 13.8 Å². The molecule has 0 spiro atoms. The predicted octanol–water partition coefficient (Wildman–Crippen LogP) is 0.586. The summed E-state index contributed by atoms with van der Waals surface area (Å²) in [5.41, 5.74) is 0. The summed E-state index contributed by atoms with van der Waals surface area (Å²) >= 11 is 4.27. The van der Waals surface area contributed by atoms with Crippen LogP contribution < -0.4 is 0 Å². The van der Waals surface area contributed by atoms with Crippen LogP contribution in [0, 0.1) is 5.92 Å². The number of hydrogen-bond acceptors (Lipinski definition) is 4. The van der Waals surface area contributed by atoms with Crippen LogP contribution in [-0.2, 0) is 14.6 Å². The standard InChI is InChI=1S/C10H19NO3S2/c1-7(2)9(15)10(12)11-4-5-16(13,14)6-8(11)3/h7-9,15H,4-6H2,1-3H3. The molecule has 0 saturated carbocycles. The number of carbonyl (C=O) groups is 1. The average molecular weight is 265 g/mol. The second-order valence-electron chi connectivity index (χ2n) is 4.68. The fourth-order valence-corrected chi connectivity index (χ4v) is 3.49. The van der Waals surface area contributed by atoms with Crippen LogP contribution in [0.25, 0.3) is 0 Å². The number of hydrogen-bond donors (Lipinski definition) is 1. The highest BCUT2D eigenvalue weighted by Crippen LogP contribution is 2.18. The number of nitrogens with zero attached hydrogens (tertiary/aromatic N) is 1. The lowest BCUT2D eigenvalue weighted by molar-refractivity contribution is -0.132. The molecule has 1 fully saturated rings. The number of rotatable bonds is 2. The summed E-state index contributed by atoms with van der Waals surface area (Å²) in [6, 6.07) is -0.236. The molecule has 1 aliphatic heterocycles. The monoisotopic (exact) mass is 265 g/mol. The summed E-state index contributed by atoms with van der Waals surface area (Å²) in [5, 5.41) is -0.344. The summed E-state index contributed by atoms with van der Waals surface area (Å²) in [4.78, 5) is 13.7. The van der Waals surface area contributed by atoms with Crippen molar-refractivity contribution in [3.05, 3.63) is 0 Å². The molecule has 1 aliphatic rings. The minimum atomic E-state index is -2.96. The number of carbonyl (C=O) groups excluding carboxylic acids is 1. The molecule has 0 aromatic rings. The van der Waals surface area contributed by atoms with Gasteiger partial charge in [0, 0.05) is 12.6 Å². The maximum absolute atomic E-state index is 12.0. The lowest BCUT2D eigenvalue weighted by Gasteiger charge is -2.35. The van der Waals surface area contributed by atoms with Crippen molar-refractivity contribution < 1.29 is 13.2 Å². The molecule has 1 saturated heterocycles. The zero-order chi connectivity index (χ0) is 12.5. The summed E-state index contributed by atoms with van der Waals surface area (Å²) in [6.07, 6.45) is 0. The van der Waals surface area contributed by atoms with E-state index < -0.39 is 9.84 Å². The van der Waals surface area contributed by atoms with Crippen LogP contribution >= 0.6 is 12.6 Å². The molecule has 0 aromatic carbocycles. The molecule has 16 heavy (non-hydrogen) atoms. The van der Waals surface area contributed by atoms with E-state index in [2.05, 4.69) is 12.6 Å². The highest BCUT2D eigenvalue weighted by molar-refractivity contribution is 7.91. The van der Waals surface area contributed by atoms with E-state index in [9.17, 15) is 13.2 Å². The van der Waals surface area contributed by atoms with Gasteiger partial charge >= 0.3 is 0 Å². The molecule has 0 bridgehead atoms. The molecule has 1 rings (SSSR count). The third-order valence-electron chi connectivity index (χ3n) is 2.84. The van der Waals surface area contributed by atoms with Gasteiger partial charge in [-0.05, 0) is 12.8 Å². The Bertz CT molecular complexity index is 364. The fraction of sp³-hybridized carbons (Fsp3) is 0.900. The second kappa shape index (κ2) is 4.96. The first kappa shape index (κ1) is 13.8. The molecule has 1 heterocycles. The van der Waals surface area contributed by atoms with E-state index in [1.165, 1.54) is 0 Å². The van der Waals surface area contributed by atoms with E-state index in [0.717, 1.165) is 0 Å². The van der Waals surface area contributed by atoms with Crippen LogP contribution in [-0.4, -0.2) is 48.6 Å². The number of sulfone groups is 1. The minimum Gasteiger partial charge on any atom is -0.337 e. The van der Waals surface area contributed by atoms with E-state index >= 15 is 0 Å². The molecule has 0 radical (unpaired) electrons. The van der Waals surface area contributed by atoms with E-state index in [-0.39, 0.29) is 34.6 Å². The molecule has 0 aliphatic carbocycles. The molecule has 2 atom stereocenters. The predicted molar refractivity (Wildman–Crippen MR) is 67.4 cm³/mol. The molecule has 94 valence electrons.